The van der Waals surface area contributed by atoms with Gasteiger partial charge in [-0.25, -0.2) is 4.98 Å². The number of benzene rings is 6. The highest BCUT2D eigenvalue weighted by Crippen LogP contribution is 2.62. The Hall–Kier alpha value is -5.01. The van der Waals surface area contributed by atoms with E-state index in [9.17, 15) is 0 Å². The van der Waals surface area contributed by atoms with Crippen molar-refractivity contribution < 1.29 is 0 Å². The maximum atomic E-state index is 5.25. The van der Waals surface area contributed by atoms with Crippen molar-refractivity contribution in [1.29, 1.82) is 0 Å². The van der Waals surface area contributed by atoms with Gasteiger partial charge in [-0.3, -0.25) is 0 Å². The van der Waals surface area contributed by atoms with Crippen LogP contribution in [0.2, 0.25) is 0 Å². The molecular weight excluding hydrogens is 470 g/mol. The van der Waals surface area contributed by atoms with Gasteiger partial charge in [0.25, 0.3) is 0 Å². The summed E-state index contributed by atoms with van der Waals surface area (Å²) in [6.07, 6.45) is 0. The van der Waals surface area contributed by atoms with Crippen molar-refractivity contribution in [2.75, 3.05) is 0 Å². The standard InChI is InChI=1S/C38H23N/c1-2-10-27-24(9-1)17-18-25-20-22-36(39-37(25)27)26-19-21-31-30-13-5-8-16-34(30)38(35(31)23-26)32-14-6-3-11-28(32)29-12-4-7-15-33(29)38/h1-23H. The van der Waals surface area contributed by atoms with E-state index in [-0.39, 0.29) is 5.41 Å². The fourth-order valence-electron chi connectivity index (χ4n) is 7.27. The molecule has 1 heteroatoms. The summed E-state index contributed by atoms with van der Waals surface area (Å²) in [5, 5.41) is 3.58. The molecule has 1 aromatic heterocycles. The highest BCUT2D eigenvalue weighted by atomic mass is 14.7. The van der Waals surface area contributed by atoms with Crippen LogP contribution in [0.3, 0.4) is 0 Å². The minimum atomic E-state index is -0.335. The highest BCUT2D eigenvalue weighted by molar-refractivity contribution is 6.06. The molecular formula is C38H23N. The van der Waals surface area contributed by atoms with Gasteiger partial charge in [0.1, 0.15) is 0 Å². The predicted molar refractivity (Wildman–Crippen MR) is 161 cm³/mol. The second-order valence-corrected chi connectivity index (χ2v) is 10.7. The first-order chi connectivity index (χ1) is 19.3. The Kier molecular flexibility index (Phi) is 4.05. The molecule has 0 bridgehead atoms. The molecule has 2 aliphatic carbocycles. The normalized spacial score (nSPS) is 13.8. The smallest absolute Gasteiger partial charge is 0.0787 e. The van der Waals surface area contributed by atoms with Gasteiger partial charge in [-0.15, -0.1) is 0 Å². The van der Waals surface area contributed by atoms with Gasteiger partial charge < -0.3 is 0 Å². The van der Waals surface area contributed by atoms with Crippen LogP contribution in [0.25, 0.3) is 55.2 Å². The Morgan fingerprint density at radius 2 is 0.949 bits per heavy atom. The van der Waals surface area contributed by atoms with Crippen LogP contribution in [0.15, 0.2) is 140 Å². The van der Waals surface area contributed by atoms with E-state index in [1.165, 1.54) is 60.7 Å². The van der Waals surface area contributed by atoms with Crippen molar-refractivity contribution >= 4 is 21.7 Å². The molecule has 0 unspecified atom stereocenters. The van der Waals surface area contributed by atoms with Gasteiger partial charge in [0.05, 0.1) is 16.6 Å². The van der Waals surface area contributed by atoms with Crippen LogP contribution in [0.1, 0.15) is 22.3 Å². The summed E-state index contributed by atoms with van der Waals surface area (Å²) >= 11 is 0. The first-order valence-electron chi connectivity index (χ1n) is 13.6. The minimum absolute atomic E-state index is 0.335. The molecule has 0 saturated carbocycles. The fraction of sp³-hybridized carbons (Fsp3) is 0.0263. The quantitative estimate of drug-likeness (QED) is 0.208. The number of fused-ring (bicyclic) bond motifs is 13. The predicted octanol–water partition coefficient (Wildman–Crippen LogP) is 9.40. The Morgan fingerprint density at radius 3 is 1.64 bits per heavy atom. The number of aromatic nitrogens is 1. The first-order valence-corrected chi connectivity index (χ1v) is 13.6. The van der Waals surface area contributed by atoms with Gasteiger partial charge in [0.2, 0.25) is 0 Å². The van der Waals surface area contributed by atoms with Crippen molar-refractivity contribution in [3.63, 3.8) is 0 Å². The molecule has 9 rings (SSSR count). The fourth-order valence-corrected chi connectivity index (χ4v) is 7.27. The lowest BCUT2D eigenvalue weighted by Crippen LogP contribution is -2.25. The maximum Gasteiger partial charge on any atom is 0.0787 e. The molecule has 0 atom stereocenters. The number of pyridine rings is 1. The molecule has 7 aromatic rings. The molecule has 180 valence electrons. The second kappa shape index (κ2) is 7.52. The monoisotopic (exact) mass is 493 g/mol. The van der Waals surface area contributed by atoms with Crippen LogP contribution in [0.5, 0.6) is 0 Å². The van der Waals surface area contributed by atoms with Crippen LogP contribution in [-0.2, 0) is 5.41 Å². The molecule has 0 aliphatic heterocycles. The largest absolute Gasteiger partial charge is 0.247 e. The van der Waals surface area contributed by atoms with Crippen LogP contribution in [0, 0.1) is 0 Å². The Balaban J connectivity index is 1.35. The van der Waals surface area contributed by atoms with E-state index in [2.05, 4.69) is 140 Å². The van der Waals surface area contributed by atoms with Gasteiger partial charge in [0, 0.05) is 16.3 Å². The minimum Gasteiger partial charge on any atom is -0.247 e. The summed E-state index contributed by atoms with van der Waals surface area (Å²) in [4.78, 5) is 5.25. The summed E-state index contributed by atoms with van der Waals surface area (Å²) in [7, 11) is 0. The average molecular weight is 494 g/mol. The van der Waals surface area contributed by atoms with Gasteiger partial charge >= 0.3 is 0 Å². The number of hydrogen-bond donors (Lipinski definition) is 0. The lowest BCUT2D eigenvalue weighted by atomic mass is 9.70. The van der Waals surface area contributed by atoms with Gasteiger partial charge in [0.15, 0.2) is 0 Å². The van der Waals surface area contributed by atoms with Crippen molar-refractivity contribution in [1.82, 2.24) is 4.98 Å². The number of hydrogen-bond acceptors (Lipinski definition) is 1. The molecule has 6 aromatic carbocycles. The summed E-state index contributed by atoms with van der Waals surface area (Å²) in [5.41, 5.74) is 13.6. The number of nitrogens with zero attached hydrogens (tertiary/aromatic N) is 1. The van der Waals surface area contributed by atoms with E-state index in [0.29, 0.717) is 0 Å². The van der Waals surface area contributed by atoms with Crippen LogP contribution in [-0.4, -0.2) is 4.98 Å². The molecule has 0 N–H and O–H groups in total. The number of rotatable bonds is 1. The van der Waals surface area contributed by atoms with Gasteiger partial charge in [-0.2, -0.15) is 0 Å². The summed E-state index contributed by atoms with van der Waals surface area (Å²) in [6.45, 7) is 0. The molecule has 39 heavy (non-hydrogen) atoms. The highest BCUT2D eigenvalue weighted by Gasteiger charge is 2.51. The SMILES string of the molecule is c1ccc2c(c1)-c1ccccc1C21c2ccccc2-c2ccc(-c3ccc4ccc5ccccc5c4n3)cc21. The van der Waals surface area contributed by atoms with Crippen molar-refractivity contribution in [2.45, 2.75) is 5.41 Å². The molecule has 1 nitrogen and oxygen atoms in total. The lowest BCUT2D eigenvalue weighted by molar-refractivity contribution is 0.794. The third kappa shape index (κ3) is 2.62. The van der Waals surface area contributed by atoms with E-state index in [1.54, 1.807) is 0 Å². The van der Waals surface area contributed by atoms with E-state index in [0.717, 1.165) is 16.8 Å². The van der Waals surface area contributed by atoms with E-state index < -0.39 is 0 Å². The third-order valence-corrected chi connectivity index (χ3v) is 8.88. The molecule has 1 heterocycles. The summed E-state index contributed by atoms with van der Waals surface area (Å²) < 4.78 is 0. The Morgan fingerprint density at radius 1 is 0.410 bits per heavy atom. The average Bonchev–Trinajstić information content (AvgIpc) is 3.48. The summed E-state index contributed by atoms with van der Waals surface area (Å²) in [5.74, 6) is 0. The van der Waals surface area contributed by atoms with E-state index in [1.807, 2.05) is 0 Å². The third-order valence-electron chi connectivity index (χ3n) is 8.88. The molecule has 0 saturated heterocycles. The van der Waals surface area contributed by atoms with Crippen LogP contribution in [0.4, 0.5) is 0 Å². The first kappa shape index (κ1) is 21.0. The van der Waals surface area contributed by atoms with Gasteiger partial charge in [-0.1, -0.05) is 127 Å². The Bertz CT molecular complexity index is 2070. The zero-order valence-electron chi connectivity index (χ0n) is 21.2. The zero-order valence-corrected chi connectivity index (χ0v) is 21.2. The van der Waals surface area contributed by atoms with Crippen molar-refractivity contribution in [3.05, 3.63) is 162 Å². The Labute approximate surface area is 227 Å². The lowest BCUT2D eigenvalue weighted by Gasteiger charge is -2.30. The molecule has 0 radical (unpaired) electrons. The topological polar surface area (TPSA) is 12.9 Å². The van der Waals surface area contributed by atoms with Gasteiger partial charge in [-0.05, 0) is 62.0 Å². The molecule has 1 spiro atoms. The van der Waals surface area contributed by atoms with E-state index in [4.69, 9.17) is 4.98 Å². The maximum absolute atomic E-state index is 5.25. The van der Waals surface area contributed by atoms with E-state index >= 15 is 0 Å². The second-order valence-electron chi connectivity index (χ2n) is 10.7. The molecule has 2 aliphatic rings. The van der Waals surface area contributed by atoms with Crippen molar-refractivity contribution in [2.24, 2.45) is 0 Å². The molecule has 0 fully saturated rings. The van der Waals surface area contributed by atoms with Crippen LogP contribution >= 0.6 is 0 Å². The molecule has 0 amide bonds. The zero-order chi connectivity index (χ0) is 25.6. The summed E-state index contributed by atoms with van der Waals surface area (Å²) in [6, 6.07) is 51.1. The van der Waals surface area contributed by atoms with Crippen LogP contribution < -0.4 is 0 Å². The van der Waals surface area contributed by atoms with Crippen molar-refractivity contribution in [3.8, 4) is 33.5 Å².